The van der Waals surface area contributed by atoms with Crippen LogP contribution in [0, 0.1) is 5.82 Å². The van der Waals surface area contributed by atoms with Crippen LogP contribution in [0.25, 0.3) is 0 Å². The number of benzene rings is 1. The molecule has 0 aromatic heterocycles. The summed E-state index contributed by atoms with van der Waals surface area (Å²) >= 11 is 3.16. The van der Waals surface area contributed by atoms with Gasteiger partial charge in [-0.25, -0.2) is 4.39 Å². The largest absolute Gasteiger partial charge is 0.496 e. The van der Waals surface area contributed by atoms with Gasteiger partial charge in [-0.2, -0.15) is 0 Å². The lowest BCUT2D eigenvalue weighted by Crippen LogP contribution is -2.11. The van der Waals surface area contributed by atoms with E-state index in [1.165, 1.54) is 13.2 Å². The lowest BCUT2D eigenvalue weighted by atomic mass is 10.0. The van der Waals surface area contributed by atoms with Crippen molar-refractivity contribution in [1.82, 2.24) is 0 Å². The second-order valence-electron chi connectivity index (χ2n) is 3.76. The molecule has 0 aliphatic carbocycles. The zero-order chi connectivity index (χ0) is 12.1. The Balaban J connectivity index is 2.96. The van der Waals surface area contributed by atoms with Gasteiger partial charge in [-0.15, -0.1) is 0 Å². The van der Waals surface area contributed by atoms with Crippen molar-refractivity contribution in [2.75, 3.05) is 7.11 Å². The van der Waals surface area contributed by atoms with E-state index in [4.69, 9.17) is 10.5 Å². The van der Waals surface area contributed by atoms with E-state index < -0.39 is 0 Å². The van der Waals surface area contributed by atoms with Crippen molar-refractivity contribution in [1.29, 1.82) is 0 Å². The van der Waals surface area contributed by atoms with E-state index in [1.54, 1.807) is 6.07 Å². The molecular weight excluding hydrogens is 273 g/mol. The van der Waals surface area contributed by atoms with Gasteiger partial charge in [0.2, 0.25) is 0 Å². The van der Waals surface area contributed by atoms with Crippen LogP contribution in [0.15, 0.2) is 16.6 Å². The number of hydrogen-bond donors (Lipinski definition) is 1. The molecule has 0 spiro atoms. The minimum atomic E-state index is -0.330. The summed E-state index contributed by atoms with van der Waals surface area (Å²) in [4.78, 5) is 0. The van der Waals surface area contributed by atoms with E-state index in [0.717, 1.165) is 24.8 Å². The highest BCUT2D eigenvalue weighted by Gasteiger charge is 2.14. The Morgan fingerprint density at radius 1 is 1.50 bits per heavy atom. The standard InChI is InChI=1S/C12H17BrFNO/c1-3-4-5-11(15)8-6-9(13)10(14)7-12(8)16-2/h6-7,11H,3-5,15H2,1-2H3. The average molecular weight is 290 g/mol. The fraction of sp³-hybridized carbons (Fsp3) is 0.500. The summed E-state index contributed by atoms with van der Waals surface area (Å²) in [6.07, 6.45) is 3.03. The molecule has 0 fully saturated rings. The molecule has 2 N–H and O–H groups in total. The lowest BCUT2D eigenvalue weighted by Gasteiger charge is -2.16. The van der Waals surface area contributed by atoms with E-state index in [0.29, 0.717) is 10.2 Å². The van der Waals surface area contributed by atoms with Gasteiger partial charge in [0.25, 0.3) is 0 Å². The summed E-state index contributed by atoms with van der Waals surface area (Å²) in [5, 5.41) is 0. The maximum Gasteiger partial charge on any atom is 0.141 e. The van der Waals surface area contributed by atoms with Crippen molar-refractivity contribution in [2.45, 2.75) is 32.2 Å². The molecule has 0 saturated heterocycles. The first-order valence-corrected chi connectivity index (χ1v) is 6.18. The highest BCUT2D eigenvalue weighted by molar-refractivity contribution is 9.10. The van der Waals surface area contributed by atoms with Crippen LogP contribution in [0.5, 0.6) is 5.75 Å². The smallest absolute Gasteiger partial charge is 0.141 e. The fourth-order valence-corrected chi connectivity index (χ4v) is 1.95. The number of unbranched alkanes of at least 4 members (excludes halogenated alkanes) is 1. The van der Waals surface area contributed by atoms with Gasteiger partial charge in [-0.1, -0.05) is 19.8 Å². The molecule has 0 radical (unpaired) electrons. The summed E-state index contributed by atoms with van der Waals surface area (Å²) < 4.78 is 18.9. The first kappa shape index (κ1) is 13.5. The highest BCUT2D eigenvalue weighted by Crippen LogP contribution is 2.31. The first-order chi connectivity index (χ1) is 7.60. The van der Waals surface area contributed by atoms with Crippen molar-refractivity contribution < 1.29 is 9.13 Å². The molecule has 0 amide bonds. The number of methoxy groups -OCH3 is 1. The average Bonchev–Trinajstić information content (AvgIpc) is 2.28. The molecule has 1 rings (SSSR count). The minimum absolute atomic E-state index is 0.105. The fourth-order valence-electron chi connectivity index (χ4n) is 1.59. The Kier molecular flexibility index (Phi) is 5.22. The Morgan fingerprint density at radius 3 is 2.75 bits per heavy atom. The van der Waals surface area contributed by atoms with E-state index in [9.17, 15) is 4.39 Å². The quantitative estimate of drug-likeness (QED) is 0.895. The molecular formula is C12H17BrFNO. The Hall–Kier alpha value is -0.610. The van der Waals surface area contributed by atoms with Crippen LogP contribution >= 0.6 is 15.9 Å². The van der Waals surface area contributed by atoms with Crippen LogP contribution in [-0.4, -0.2) is 7.11 Å². The topological polar surface area (TPSA) is 35.2 Å². The molecule has 16 heavy (non-hydrogen) atoms. The molecule has 90 valence electrons. The van der Waals surface area contributed by atoms with Crippen LogP contribution in [0.3, 0.4) is 0 Å². The molecule has 1 unspecified atom stereocenters. The van der Waals surface area contributed by atoms with E-state index in [-0.39, 0.29) is 11.9 Å². The third kappa shape index (κ3) is 3.19. The van der Waals surface area contributed by atoms with Crippen LogP contribution in [0.4, 0.5) is 4.39 Å². The Bertz CT molecular complexity index is 357. The van der Waals surface area contributed by atoms with E-state index in [1.807, 2.05) is 0 Å². The summed E-state index contributed by atoms with van der Waals surface area (Å²) in [5.74, 6) is 0.188. The Labute approximate surface area is 104 Å². The molecule has 1 aromatic rings. The van der Waals surface area contributed by atoms with Crippen LogP contribution < -0.4 is 10.5 Å². The minimum Gasteiger partial charge on any atom is -0.496 e. The van der Waals surface area contributed by atoms with Crippen molar-refractivity contribution in [3.8, 4) is 5.75 Å². The van der Waals surface area contributed by atoms with Crippen molar-refractivity contribution in [2.24, 2.45) is 5.73 Å². The summed E-state index contributed by atoms with van der Waals surface area (Å²) in [6, 6.07) is 2.96. The zero-order valence-electron chi connectivity index (χ0n) is 9.59. The molecule has 0 aliphatic rings. The molecule has 1 atom stereocenters. The normalized spacial score (nSPS) is 12.6. The van der Waals surface area contributed by atoms with Gasteiger partial charge in [0.05, 0.1) is 11.6 Å². The van der Waals surface area contributed by atoms with Crippen LogP contribution in [0.1, 0.15) is 37.8 Å². The predicted molar refractivity (Wildman–Crippen MR) is 67.1 cm³/mol. The monoisotopic (exact) mass is 289 g/mol. The first-order valence-electron chi connectivity index (χ1n) is 5.38. The van der Waals surface area contributed by atoms with Gasteiger partial charge < -0.3 is 10.5 Å². The van der Waals surface area contributed by atoms with Crippen LogP contribution in [-0.2, 0) is 0 Å². The maximum absolute atomic E-state index is 13.3. The summed E-state index contributed by atoms with van der Waals surface area (Å²) in [6.45, 7) is 2.12. The number of rotatable bonds is 5. The maximum atomic E-state index is 13.3. The Morgan fingerprint density at radius 2 is 2.19 bits per heavy atom. The SMILES string of the molecule is CCCCC(N)c1cc(Br)c(F)cc1OC. The zero-order valence-corrected chi connectivity index (χ0v) is 11.2. The van der Waals surface area contributed by atoms with Gasteiger partial charge in [0.1, 0.15) is 11.6 Å². The third-order valence-electron chi connectivity index (χ3n) is 2.54. The second kappa shape index (κ2) is 6.21. The molecule has 0 aliphatic heterocycles. The van der Waals surface area contributed by atoms with Crippen molar-refractivity contribution in [3.05, 3.63) is 28.0 Å². The molecule has 1 aromatic carbocycles. The van der Waals surface area contributed by atoms with E-state index >= 15 is 0 Å². The van der Waals surface area contributed by atoms with Crippen molar-refractivity contribution >= 4 is 15.9 Å². The summed E-state index contributed by atoms with van der Waals surface area (Å²) in [7, 11) is 1.53. The molecule has 2 nitrogen and oxygen atoms in total. The van der Waals surface area contributed by atoms with Gasteiger partial charge in [0.15, 0.2) is 0 Å². The number of halogens is 2. The molecule has 0 bridgehead atoms. The summed E-state index contributed by atoms with van der Waals surface area (Å²) in [5.41, 5.74) is 6.90. The van der Waals surface area contributed by atoms with Gasteiger partial charge >= 0.3 is 0 Å². The van der Waals surface area contributed by atoms with Gasteiger partial charge in [-0.05, 0) is 28.4 Å². The third-order valence-corrected chi connectivity index (χ3v) is 3.15. The molecule has 4 heteroatoms. The molecule has 0 saturated carbocycles. The number of nitrogens with two attached hydrogens (primary N) is 1. The van der Waals surface area contributed by atoms with Gasteiger partial charge in [0, 0.05) is 17.7 Å². The second-order valence-corrected chi connectivity index (χ2v) is 4.61. The molecule has 0 heterocycles. The van der Waals surface area contributed by atoms with E-state index in [2.05, 4.69) is 22.9 Å². The number of ether oxygens (including phenoxy) is 1. The predicted octanol–water partition coefficient (Wildman–Crippen LogP) is 3.79. The highest BCUT2D eigenvalue weighted by atomic mass is 79.9. The van der Waals surface area contributed by atoms with Gasteiger partial charge in [-0.3, -0.25) is 0 Å². The van der Waals surface area contributed by atoms with Crippen LogP contribution in [0.2, 0.25) is 0 Å². The lowest BCUT2D eigenvalue weighted by molar-refractivity contribution is 0.399. The van der Waals surface area contributed by atoms with Crippen molar-refractivity contribution in [3.63, 3.8) is 0 Å². The number of hydrogen-bond acceptors (Lipinski definition) is 2.